The summed E-state index contributed by atoms with van der Waals surface area (Å²) in [5.74, 6) is -0.675. The van der Waals surface area contributed by atoms with Crippen LogP contribution in [0.1, 0.15) is 23.1 Å². The number of hydrogen-bond acceptors (Lipinski definition) is 5. The van der Waals surface area contributed by atoms with Crippen molar-refractivity contribution in [1.29, 1.82) is 0 Å². The van der Waals surface area contributed by atoms with Gasteiger partial charge in [-0.05, 0) is 19.1 Å². The Labute approximate surface area is 97.3 Å². The predicted molar refractivity (Wildman–Crippen MR) is 56.2 cm³/mol. The van der Waals surface area contributed by atoms with Crippen molar-refractivity contribution in [3.05, 3.63) is 29.6 Å². The topological polar surface area (TPSA) is 65.5 Å². The fourth-order valence-electron chi connectivity index (χ4n) is 0.943. The Balaban J connectivity index is 2.69. The molecule has 1 rings (SSSR count). The minimum absolute atomic E-state index is 0.0196. The average Bonchev–Trinajstić information content (AvgIpc) is 2.29. The number of carbonyl (C=O) groups is 2. The van der Waals surface area contributed by atoms with E-state index in [1.165, 1.54) is 6.07 Å². The zero-order valence-corrected chi connectivity index (χ0v) is 9.36. The zero-order chi connectivity index (χ0) is 12.0. The van der Waals surface area contributed by atoms with Crippen molar-refractivity contribution >= 4 is 23.7 Å². The fourth-order valence-corrected chi connectivity index (χ4v) is 1.09. The molecule has 5 nitrogen and oxygen atoms in total. The van der Waals surface area contributed by atoms with Crippen LogP contribution in [0.5, 0.6) is 0 Å². The second kappa shape index (κ2) is 6.07. The molecule has 6 heteroatoms. The van der Waals surface area contributed by atoms with Crippen molar-refractivity contribution in [3.63, 3.8) is 0 Å². The summed E-state index contributed by atoms with van der Waals surface area (Å²) < 4.78 is 8.83. The van der Waals surface area contributed by atoms with E-state index in [9.17, 15) is 9.59 Å². The van der Waals surface area contributed by atoms with Crippen LogP contribution in [-0.2, 0) is 15.4 Å². The lowest BCUT2D eigenvalue weighted by Gasteiger charge is -2.02. The highest BCUT2D eigenvalue weighted by molar-refractivity contribution is 6.16. The van der Waals surface area contributed by atoms with Crippen molar-refractivity contribution in [2.75, 3.05) is 6.61 Å². The Morgan fingerprint density at radius 2 is 2.19 bits per heavy atom. The summed E-state index contributed by atoms with van der Waals surface area (Å²) in [5.41, 5.74) is 0.547. The highest BCUT2D eigenvalue weighted by Gasteiger charge is 2.15. The molecule has 16 heavy (non-hydrogen) atoms. The molecule has 0 aliphatic heterocycles. The summed E-state index contributed by atoms with van der Waals surface area (Å²) in [6, 6.07) is 4.69. The van der Waals surface area contributed by atoms with E-state index < -0.39 is 12.1 Å². The molecule has 1 aromatic heterocycles. The SMILES string of the molecule is CCOC(=O)OC(=O)c1cccc(CCl)n1. The number of ether oxygens (including phenoxy) is 2. The van der Waals surface area contributed by atoms with E-state index in [-0.39, 0.29) is 18.2 Å². The first-order valence-electron chi connectivity index (χ1n) is 4.58. The van der Waals surface area contributed by atoms with Crippen LogP contribution >= 0.6 is 11.6 Å². The van der Waals surface area contributed by atoms with Crippen LogP contribution in [0.15, 0.2) is 18.2 Å². The molecule has 0 bridgehead atoms. The van der Waals surface area contributed by atoms with Crippen molar-refractivity contribution in [3.8, 4) is 0 Å². The van der Waals surface area contributed by atoms with E-state index in [1.54, 1.807) is 19.1 Å². The maximum absolute atomic E-state index is 11.4. The van der Waals surface area contributed by atoms with Crippen LogP contribution in [0.3, 0.4) is 0 Å². The predicted octanol–water partition coefficient (Wildman–Crippen LogP) is 2.13. The maximum Gasteiger partial charge on any atom is 0.516 e. The molecule has 0 spiro atoms. The zero-order valence-electron chi connectivity index (χ0n) is 8.60. The van der Waals surface area contributed by atoms with Crippen LogP contribution in [0.4, 0.5) is 4.79 Å². The minimum Gasteiger partial charge on any atom is -0.434 e. The van der Waals surface area contributed by atoms with Gasteiger partial charge in [-0.3, -0.25) is 0 Å². The maximum atomic E-state index is 11.4. The van der Waals surface area contributed by atoms with Gasteiger partial charge in [-0.15, -0.1) is 11.6 Å². The molecule has 0 fully saturated rings. The molecule has 1 heterocycles. The van der Waals surface area contributed by atoms with Crippen molar-refractivity contribution < 1.29 is 19.1 Å². The Morgan fingerprint density at radius 1 is 1.44 bits per heavy atom. The lowest BCUT2D eigenvalue weighted by molar-refractivity contribution is 0.0396. The number of pyridine rings is 1. The van der Waals surface area contributed by atoms with Gasteiger partial charge in [0.2, 0.25) is 0 Å². The quantitative estimate of drug-likeness (QED) is 0.462. The highest BCUT2D eigenvalue weighted by Crippen LogP contribution is 2.04. The summed E-state index contributed by atoms with van der Waals surface area (Å²) in [6.07, 6.45) is -1.04. The van der Waals surface area contributed by atoms with Crippen molar-refractivity contribution in [2.24, 2.45) is 0 Å². The molecule has 1 aromatic rings. The van der Waals surface area contributed by atoms with E-state index in [4.69, 9.17) is 11.6 Å². The number of alkyl halides is 1. The molecule has 0 amide bonds. The Morgan fingerprint density at radius 3 is 2.81 bits per heavy atom. The van der Waals surface area contributed by atoms with Crippen LogP contribution < -0.4 is 0 Å². The Kier molecular flexibility index (Phi) is 4.72. The number of nitrogens with zero attached hydrogens (tertiary/aromatic N) is 1. The van der Waals surface area contributed by atoms with Crippen LogP contribution in [0.25, 0.3) is 0 Å². The van der Waals surface area contributed by atoms with Gasteiger partial charge in [0, 0.05) is 0 Å². The van der Waals surface area contributed by atoms with E-state index in [0.29, 0.717) is 5.69 Å². The number of carbonyl (C=O) groups excluding carboxylic acids is 2. The minimum atomic E-state index is -1.04. The molecule has 0 unspecified atom stereocenters. The normalized spacial score (nSPS) is 9.62. The molecule has 0 aromatic carbocycles. The number of aromatic nitrogens is 1. The van der Waals surface area contributed by atoms with E-state index in [0.717, 1.165) is 0 Å². The third-order valence-electron chi connectivity index (χ3n) is 1.59. The molecular weight excluding hydrogens is 234 g/mol. The Hall–Kier alpha value is -1.62. The second-order valence-corrected chi connectivity index (χ2v) is 2.99. The number of esters is 1. The largest absolute Gasteiger partial charge is 0.516 e. The lowest BCUT2D eigenvalue weighted by Crippen LogP contribution is -2.15. The molecule has 0 radical (unpaired) electrons. The van der Waals surface area contributed by atoms with Gasteiger partial charge in [-0.25, -0.2) is 14.6 Å². The van der Waals surface area contributed by atoms with Crippen molar-refractivity contribution in [2.45, 2.75) is 12.8 Å². The van der Waals surface area contributed by atoms with Crippen molar-refractivity contribution in [1.82, 2.24) is 4.98 Å². The molecule has 0 N–H and O–H groups in total. The Bertz CT molecular complexity index is 394. The average molecular weight is 244 g/mol. The van der Waals surface area contributed by atoms with Gasteiger partial charge < -0.3 is 9.47 Å². The summed E-state index contributed by atoms with van der Waals surface area (Å²) in [7, 11) is 0. The summed E-state index contributed by atoms with van der Waals surface area (Å²) in [6.45, 7) is 1.75. The van der Waals surface area contributed by atoms with Gasteiger partial charge in [0.15, 0.2) is 0 Å². The monoisotopic (exact) mass is 243 g/mol. The van der Waals surface area contributed by atoms with E-state index in [1.807, 2.05) is 0 Å². The smallest absolute Gasteiger partial charge is 0.434 e. The summed E-state index contributed by atoms with van der Waals surface area (Å²) in [4.78, 5) is 26.1. The number of hydrogen-bond donors (Lipinski definition) is 0. The lowest BCUT2D eigenvalue weighted by atomic mass is 10.3. The standard InChI is InChI=1S/C10H10ClNO4/c1-2-15-10(14)16-9(13)8-5-3-4-7(6-11)12-8/h3-5H,2,6H2,1H3. The molecule has 0 aliphatic carbocycles. The highest BCUT2D eigenvalue weighted by atomic mass is 35.5. The third kappa shape index (κ3) is 3.51. The number of halogens is 1. The number of rotatable bonds is 3. The third-order valence-corrected chi connectivity index (χ3v) is 1.86. The van der Waals surface area contributed by atoms with Gasteiger partial charge in [0.25, 0.3) is 0 Å². The molecule has 86 valence electrons. The van der Waals surface area contributed by atoms with E-state index >= 15 is 0 Å². The second-order valence-electron chi connectivity index (χ2n) is 2.72. The van der Waals surface area contributed by atoms with Gasteiger partial charge >= 0.3 is 12.1 Å². The molecule has 0 saturated carbocycles. The fraction of sp³-hybridized carbons (Fsp3) is 0.300. The first-order valence-corrected chi connectivity index (χ1v) is 5.11. The van der Waals surface area contributed by atoms with Crippen LogP contribution in [0, 0.1) is 0 Å². The summed E-state index contributed by atoms with van der Waals surface area (Å²) in [5, 5.41) is 0. The molecule has 0 saturated heterocycles. The van der Waals surface area contributed by atoms with Crippen LogP contribution in [0.2, 0.25) is 0 Å². The first kappa shape index (κ1) is 12.4. The van der Waals surface area contributed by atoms with Gasteiger partial charge in [-0.2, -0.15) is 0 Å². The molecule has 0 atom stereocenters. The van der Waals surface area contributed by atoms with Gasteiger partial charge in [-0.1, -0.05) is 6.07 Å². The summed E-state index contributed by atoms with van der Waals surface area (Å²) >= 11 is 5.55. The van der Waals surface area contributed by atoms with Gasteiger partial charge in [0.1, 0.15) is 5.69 Å². The van der Waals surface area contributed by atoms with Crippen LogP contribution in [-0.4, -0.2) is 23.7 Å². The van der Waals surface area contributed by atoms with Gasteiger partial charge in [0.05, 0.1) is 18.2 Å². The first-order chi connectivity index (χ1) is 7.67. The van der Waals surface area contributed by atoms with E-state index in [2.05, 4.69) is 14.5 Å². The molecular formula is C10H10ClNO4. The molecule has 0 aliphatic rings.